The summed E-state index contributed by atoms with van der Waals surface area (Å²) in [6.45, 7) is 4.48. The average Bonchev–Trinajstić information content (AvgIpc) is 2.27. The molecule has 0 aromatic rings. The van der Waals surface area contributed by atoms with E-state index in [0.29, 0.717) is 13.0 Å². The molecule has 3 heteroatoms. The maximum Gasteiger partial charge on any atom is 0.342 e. The molecule has 0 radical (unpaired) electrons. The first-order chi connectivity index (χ1) is 7.81. The van der Waals surface area contributed by atoms with E-state index in [2.05, 4.69) is 17.9 Å². The van der Waals surface area contributed by atoms with Crippen LogP contribution >= 0.6 is 0 Å². The van der Waals surface area contributed by atoms with Crippen LogP contribution in [0.5, 0.6) is 0 Å². The average molecular weight is 228 g/mol. The predicted molar refractivity (Wildman–Crippen MR) is 64.9 cm³/mol. The van der Waals surface area contributed by atoms with Crippen LogP contribution in [0.3, 0.4) is 0 Å². The van der Waals surface area contributed by atoms with E-state index in [1.54, 1.807) is 0 Å². The van der Waals surface area contributed by atoms with Crippen LogP contribution in [0.15, 0.2) is 12.2 Å². The molecule has 0 unspecified atom stereocenters. The third-order valence-electron chi connectivity index (χ3n) is 2.16. The van der Waals surface area contributed by atoms with Gasteiger partial charge in [0.05, 0.1) is 0 Å². The standard InChI is InChI=1S/C13H24O3/c1-3-5-6-7-8-9-10-12-15-16-13(14)11-4-2/h9-10H,3-8,11-12H2,1-2H3/b10-9+. The molecule has 0 spiro atoms. The van der Waals surface area contributed by atoms with Crippen LogP contribution < -0.4 is 0 Å². The molecule has 0 aliphatic rings. The molecular formula is C13H24O3. The van der Waals surface area contributed by atoms with Gasteiger partial charge in [-0.1, -0.05) is 45.3 Å². The molecule has 16 heavy (non-hydrogen) atoms. The van der Waals surface area contributed by atoms with Gasteiger partial charge in [-0.15, -0.1) is 0 Å². The Morgan fingerprint density at radius 1 is 1.06 bits per heavy atom. The fourth-order valence-corrected chi connectivity index (χ4v) is 1.26. The first-order valence-electron chi connectivity index (χ1n) is 6.28. The molecule has 0 fully saturated rings. The van der Waals surface area contributed by atoms with Gasteiger partial charge in [0.15, 0.2) is 0 Å². The highest BCUT2D eigenvalue weighted by Crippen LogP contribution is 2.02. The Morgan fingerprint density at radius 2 is 1.88 bits per heavy atom. The molecule has 3 nitrogen and oxygen atoms in total. The van der Waals surface area contributed by atoms with Crippen molar-refractivity contribution in [1.82, 2.24) is 0 Å². The fraction of sp³-hybridized carbons (Fsp3) is 0.769. The summed E-state index contributed by atoms with van der Waals surface area (Å²) in [4.78, 5) is 20.2. The van der Waals surface area contributed by atoms with Gasteiger partial charge in [0.2, 0.25) is 0 Å². The van der Waals surface area contributed by atoms with Crippen molar-refractivity contribution in [3.05, 3.63) is 12.2 Å². The van der Waals surface area contributed by atoms with Crippen molar-refractivity contribution in [1.29, 1.82) is 0 Å². The molecule has 0 saturated heterocycles. The third kappa shape index (κ3) is 11.2. The molecule has 0 bridgehead atoms. The maximum atomic E-state index is 10.9. The van der Waals surface area contributed by atoms with Crippen molar-refractivity contribution in [3.63, 3.8) is 0 Å². The predicted octanol–water partition coefficient (Wildman–Crippen LogP) is 3.79. The number of carbonyl (C=O) groups excluding carboxylic acids is 1. The van der Waals surface area contributed by atoms with Gasteiger partial charge in [-0.3, -0.25) is 4.89 Å². The summed E-state index contributed by atoms with van der Waals surface area (Å²) in [5.41, 5.74) is 0. The van der Waals surface area contributed by atoms with Gasteiger partial charge in [0.1, 0.15) is 6.61 Å². The van der Waals surface area contributed by atoms with Crippen molar-refractivity contribution in [2.75, 3.05) is 6.61 Å². The fourth-order valence-electron chi connectivity index (χ4n) is 1.26. The molecule has 0 rings (SSSR count). The minimum atomic E-state index is -0.293. The van der Waals surface area contributed by atoms with E-state index in [1.165, 1.54) is 25.7 Å². The van der Waals surface area contributed by atoms with Gasteiger partial charge in [0.25, 0.3) is 0 Å². The summed E-state index contributed by atoms with van der Waals surface area (Å²) < 4.78 is 0. The van der Waals surface area contributed by atoms with E-state index in [9.17, 15) is 4.79 Å². The minimum Gasteiger partial charge on any atom is -0.298 e. The summed E-state index contributed by atoms with van der Waals surface area (Å²) in [5, 5.41) is 0. The number of allylic oxidation sites excluding steroid dienone is 1. The number of carbonyl (C=O) groups is 1. The van der Waals surface area contributed by atoms with Crippen LogP contribution in [0.4, 0.5) is 0 Å². The highest BCUT2D eigenvalue weighted by Gasteiger charge is 1.99. The van der Waals surface area contributed by atoms with E-state index in [4.69, 9.17) is 4.89 Å². The van der Waals surface area contributed by atoms with Gasteiger partial charge >= 0.3 is 5.97 Å². The smallest absolute Gasteiger partial charge is 0.298 e. The van der Waals surface area contributed by atoms with Gasteiger partial charge in [-0.25, -0.2) is 4.79 Å². The lowest BCUT2D eigenvalue weighted by atomic mass is 10.1. The second kappa shape index (κ2) is 12.2. The maximum absolute atomic E-state index is 10.9. The van der Waals surface area contributed by atoms with Crippen LogP contribution in [0.1, 0.15) is 58.8 Å². The zero-order chi connectivity index (χ0) is 12.1. The molecule has 0 aromatic carbocycles. The lowest BCUT2D eigenvalue weighted by Gasteiger charge is -1.99. The first-order valence-corrected chi connectivity index (χ1v) is 6.28. The number of hydrogen-bond acceptors (Lipinski definition) is 3. The zero-order valence-electron chi connectivity index (χ0n) is 10.5. The largest absolute Gasteiger partial charge is 0.342 e. The Labute approximate surface area is 98.7 Å². The normalized spacial score (nSPS) is 10.9. The van der Waals surface area contributed by atoms with E-state index >= 15 is 0 Å². The van der Waals surface area contributed by atoms with Crippen molar-refractivity contribution in [2.45, 2.75) is 58.8 Å². The Balaban J connectivity index is 3.18. The third-order valence-corrected chi connectivity index (χ3v) is 2.16. The van der Waals surface area contributed by atoms with Crippen LogP contribution in [-0.4, -0.2) is 12.6 Å². The minimum absolute atomic E-state index is 0.293. The Hall–Kier alpha value is -0.830. The van der Waals surface area contributed by atoms with Crippen molar-refractivity contribution >= 4 is 5.97 Å². The Morgan fingerprint density at radius 3 is 2.56 bits per heavy atom. The molecule has 0 amide bonds. The molecule has 0 N–H and O–H groups in total. The number of rotatable bonds is 10. The summed E-state index contributed by atoms with van der Waals surface area (Å²) in [5.74, 6) is -0.293. The van der Waals surface area contributed by atoms with Crippen LogP contribution in [0.2, 0.25) is 0 Å². The Kier molecular flexibility index (Phi) is 11.6. The summed E-state index contributed by atoms with van der Waals surface area (Å²) in [6, 6.07) is 0. The second-order valence-corrected chi connectivity index (χ2v) is 3.81. The highest BCUT2D eigenvalue weighted by molar-refractivity contribution is 5.68. The molecule has 0 saturated carbocycles. The van der Waals surface area contributed by atoms with Gasteiger partial charge in [0, 0.05) is 6.42 Å². The highest BCUT2D eigenvalue weighted by atomic mass is 17.2. The molecule has 0 atom stereocenters. The van der Waals surface area contributed by atoms with Gasteiger partial charge in [-0.2, -0.15) is 4.89 Å². The number of unbranched alkanes of at least 4 members (excludes halogenated alkanes) is 4. The van der Waals surface area contributed by atoms with Crippen molar-refractivity contribution in [2.24, 2.45) is 0 Å². The monoisotopic (exact) mass is 228 g/mol. The molecule has 0 heterocycles. The quantitative estimate of drug-likeness (QED) is 0.247. The van der Waals surface area contributed by atoms with Crippen LogP contribution in [-0.2, 0) is 14.6 Å². The molecule has 94 valence electrons. The van der Waals surface area contributed by atoms with Crippen molar-refractivity contribution < 1.29 is 14.6 Å². The zero-order valence-corrected chi connectivity index (χ0v) is 10.5. The topological polar surface area (TPSA) is 35.5 Å². The summed E-state index contributed by atoms with van der Waals surface area (Å²) >= 11 is 0. The lowest BCUT2D eigenvalue weighted by molar-refractivity contribution is -0.265. The van der Waals surface area contributed by atoms with Crippen LogP contribution in [0, 0.1) is 0 Å². The summed E-state index contributed by atoms with van der Waals surface area (Å²) in [6.07, 6.45) is 11.3. The van der Waals surface area contributed by atoms with E-state index < -0.39 is 0 Å². The van der Waals surface area contributed by atoms with E-state index in [0.717, 1.165) is 12.8 Å². The Bertz CT molecular complexity index is 188. The van der Waals surface area contributed by atoms with E-state index in [-0.39, 0.29) is 5.97 Å². The molecular weight excluding hydrogens is 204 g/mol. The van der Waals surface area contributed by atoms with E-state index in [1.807, 2.05) is 13.0 Å². The van der Waals surface area contributed by atoms with Crippen molar-refractivity contribution in [3.8, 4) is 0 Å². The lowest BCUT2D eigenvalue weighted by Crippen LogP contribution is -2.04. The SMILES string of the molecule is CCCCCC/C=C/COOC(=O)CCC. The summed E-state index contributed by atoms with van der Waals surface area (Å²) in [7, 11) is 0. The second-order valence-electron chi connectivity index (χ2n) is 3.81. The first kappa shape index (κ1) is 15.2. The van der Waals surface area contributed by atoms with Gasteiger partial charge in [-0.05, 0) is 19.3 Å². The molecule has 0 aliphatic heterocycles. The van der Waals surface area contributed by atoms with Gasteiger partial charge < -0.3 is 0 Å². The molecule has 0 aromatic heterocycles. The molecule has 0 aliphatic carbocycles. The number of hydrogen-bond donors (Lipinski definition) is 0. The van der Waals surface area contributed by atoms with Crippen LogP contribution in [0.25, 0.3) is 0 Å².